The third kappa shape index (κ3) is 4.89. The number of hydrogen-bond donors (Lipinski definition) is 1. The predicted molar refractivity (Wildman–Crippen MR) is 79.3 cm³/mol. The summed E-state index contributed by atoms with van der Waals surface area (Å²) in [6, 6.07) is 3.39. The highest BCUT2D eigenvalue weighted by Gasteiger charge is 1.98. The number of aromatic nitrogens is 2. The van der Waals surface area contributed by atoms with Crippen LogP contribution in [0, 0.1) is 13.8 Å². The van der Waals surface area contributed by atoms with Crippen molar-refractivity contribution in [3.8, 4) is 0 Å². The molecule has 0 fully saturated rings. The SMILES string of the molecule is Cc1cc(Cl)c(C=O)cn1.Cc1cc(Cl)c(CO)cn1. The van der Waals surface area contributed by atoms with Crippen molar-refractivity contribution in [2.24, 2.45) is 0 Å². The van der Waals surface area contributed by atoms with Crippen molar-refractivity contribution in [3.63, 3.8) is 0 Å². The number of nitrogens with zero attached hydrogens (tertiary/aromatic N) is 2. The monoisotopic (exact) mass is 312 g/mol. The second-order valence-corrected chi connectivity index (χ2v) is 4.85. The van der Waals surface area contributed by atoms with Gasteiger partial charge in [0, 0.05) is 34.4 Å². The fraction of sp³-hybridized carbons (Fsp3) is 0.214. The van der Waals surface area contributed by atoms with E-state index in [2.05, 4.69) is 9.97 Å². The van der Waals surface area contributed by atoms with Gasteiger partial charge in [0.2, 0.25) is 0 Å². The van der Waals surface area contributed by atoms with E-state index in [1.165, 1.54) is 6.20 Å². The highest BCUT2D eigenvalue weighted by molar-refractivity contribution is 6.32. The molecule has 0 aromatic carbocycles. The second-order valence-electron chi connectivity index (χ2n) is 4.04. The van der Waals surface area contributed by atoms with E-state index in [1.54, 1.807) is 18.3 Å². The lowest BCUT2D eigenvalue weighted by molar-refractivity contribution is 0.112. The minimum Gasteiger partial charge on any atom is -0.392 e. The van der Waals surface area contributed by atoms with Crippen LogP contribution in [0.15, 0.2) is 24.5 Å². The van der Waals surface area contributed by atoms with E-state index in [-0.39, 0.29) is 6.61 Å². The van der Waals surface area contributed by atoms with Crippen molar-refractivity contribution in [3.05, 3.63) is 57.1 Å². The van der Waals surface area contributed by atoms with Crippen molar-refractivity contribution in [2.75, 3.05) is 0 Å². The maximum atomic E-state index is 10.2. The first-order valence-corrected chi connectivity index (χ1v) is 6.52. The molecule has 4 nitrogen and oxygen atoms in total. The van der Waals surface area contributed by atoms with Gasteiger partial charge in [-0.25, -0.2) is 0 Å². The number of carbonyl (C=O) groups excluding carboxylic acids is 1. The van der Waals surface area contributed by atoms with E-state index in [0.717, 1.165) is 11.4 Å². The zero-order valence-electron chi connectivity index (χ0n) is 11.1. The Morgan fingerprint density at radius 3 is 2.10 bits per heavy atom. The van der Waals surface area contributed by atoms with Gasteiger partial charge in [0.15, 0.2) is 6.29 Å². The Morgan fingerprint density at radius 2 is 1.65 bits per heavy atom. The van der Waals surface area contributed by atoms with Gasteiger partial charge in [-0.1, -0.05) is 23.2 Å². The average molecular weight is 313 g/mol. The summed E-state index contributed by atoms with van der Waals surface area (Å²) in [6.45, 7) is 3.62. The molecule has 0 unspecified atom stereocenters. The van der Waals surface area contributed by atoms with Crippen LogP contribution in [-0.4, -0.2) is 21.4 Å². The minimum atomic E-state index is -0.0495. The van der Waals surface area contributed by atoms with Crippen LogP contribution in [0.4, 0.5) is 0 Å². The molecule has 0 saturated carbocycles. The number of hydrogen-bond acceptors (Lipinski definition) is 4. The van der Waals surface area contributed by atoms with E-state index < -0.39 is 0 Å². The summed E-state index contributed by atoms with van der Waals surface area (Å²) in [5, 5.41) is 9.72. The molecule has 2 aromatic rings. The number of pyridine rings is 2. The smallest absolute Gasteiger partial charge is 0.153 e. The van der Waals surface area contributed by atoms with Crippen molar-refractivity contribution in [1.82, 2.24) is 9.97 Å². The van der Waals surface area contributed by atoms with Crippen molar-refractivity contribution >= 4 is 29.5 Å². The number of aldehydes is 1. The number of aliphatic hydroxyl groups excluding tert-OH is 1. The Morgan fingerprint density at radius 1 is 1.10 bits per heavy atom. The van der Waals surface area contributed by atoms with Crippen molar-refractivity contribution in [2.45, 2.75) is 20.5 Å². The van der Waals surface area contributed by atoms with Crippen molar-refractivity contribution in [1.29, 1.82) is 0 Å². The lowest BCUT2D eigenvalue weighted by atomic mass is 10.3. The largest absolute Gasteiger partial charge is 0.392 e. The van der Waals surface area contributed by atoms with E-state index in [0.29, 0.717) is 27.5 Å². The average Bonchev–Trinajstić information content (AvgIpc) is 2.40. The van der Waals surface area contributed by atoms with Crippen LogP contribution in [0.5, 0.6) is 0 Å². The van der Waals surface area contributed by atoms with Gasteiger partial charge in [0.25, 0.3) is 0 Å². The maximum absolute atomic E-state index is 10.2. The molecule has 0 amide bonds. The van der Waals surface area contributed by atoms with Crippen molar-refractivity contribution < 1.29 is 9.90 Å². The number of carbonyl (C=O) groups is 1. The maximum Gasteiger partial charge on any atom is 0.153 e. The van der Waals surface area contributed by atoms with E-state index in [1.807, 2.05) is 13.8 Å². The zero-order chi connectivity index (χ0) is 15.1. The third-order valence-corrected chi connectivity index (χ3v) is 3.06. The molecule has 1 N–H and O–H groups in total. The Kier molecular flexibility index (Phi) is 6.58. The molecule has 2 aromatic heterocycles. The Labute approximate surface area is 127 Å². The van der Waals surface area contributed by atoms with Crippen LogP contribution in [0.25, 0.3) is 0 Å². The Bertz CT molecular complexity index is 604. The lowest BCUT2D eigenvalue weighted by Gasteiger charge is -1.98. The first-order chi connectivity index (χ1) is 9.47. The molecule has 2 heterocycles. The quantitative estimate of drug-likeness (QED) is 0.863. The van der Waals surface area contributed by atoms with E-state index in [9.17, 15) is 4.79 Å². The second kappa shape index (κ2) is 7.94. The van der Waals surface area contributed by atoms with Crippen LogP contribution in [-0.2, 0) is 6.61 Å². The van der Waals surface area contributed by atoms with Gasteiger partial charge in [-0.3, -0.25) is 14.8 Å². The van der Waals surface area contributed by atoms with Gasteiger partial charge in [0.05, 0.1) is 17.2 Å². The molecule has 0 atom stereocenters. The number of aryl methyl sites for hydroxylation is 2. The molecule has 0 aliphatic heterocycles. The van der Waals surface area contributed by atoms with Crippen LogP contribution in [0.2, 0.25) is 10.0 Å². The summed E-state index contributed by atoms with van der Waals surface area (Å²) < 4.78 is 0. The van der Waals surface area contributed by atoms with Crippen LogP contribution in [0.1, 0.15) is 27.3 Å². The lowest BCUT2D eigenvalue weighted by Crippen LogP contribution is -1.88. The van der Waals surface area contributed by atoms with Crippen LogP contribution >= 0.6 is 23.2 Å². The highest BCUT2D eigenvalue weighted by Crippen LogP contribution is 2.14. The molecule has 0 aliphatic rings. The minimum absolute atomic E-state index is 0.0495. The summed E-state index contributed by atoms with van der Waals surface area (Å²) >= 11 is 11.4. The van der Waals surface area contributed by atoms with Gasteiger partial charge in [-0.05, 0) is 26.0 Å². The molecule has 6 heteroatoms. The number of aliphatic hydroxyl groups is 1. The molecule has 0 radical (unpaired) electrons. The van der Waals surface area contributed by atoms with Crippen LogP contribution < -0.4 is 0 Å². The molecule has 106 valence electrons. The number of halogens is 2. The van der Waals surface area contributed by atoms with Gasteiger partial charge in [-0.15, -0.1) is 0 Å². The van der Waals surface area contributed by atoms with Gasteiger partial charge in [-0.2, -0.15) is 0 Å². The van der Waals surface area contributed by atoms with Gasteiger partial charge >= 0.3 is 0 Å². The van der Waals surface area contributed by atoms with Gasteiger partial charge in [0.1, 0.15) is 0 Å². The van der Waals surface area contributed by atoms with Crippen LogP contribution in [0.3, 0.4) is 0 Å². The molecule has 2 rings (SSSR count). The van der Waals surface area contributed by atoms with E-state index in [4.69, 9.17) is 28.3 Å². The zero-order valence-corrected chi connectivity index (χ0v) is 12.6. The molecular weight excluding hydrogens is 299 g/mol. The standard InChI is InChI=1S/C7H8ClNO.C7H6ClNO/c2*1-5-2-7(8)6(4-10)3-9-5/h2-3,10H,4H2,1H3;2-4H,1H3. The molecule has 0 saturated heterocycles. The highest BCUT2D eigenvalue weighted by atomic mass is 35.5. The summed E-state index contributed by atoms with van der Waals surface area (Å²) in [5.41, 5.74) is 2.79. The fourth-order valence-corrected chi connectivity index (χ4v) is 1.81. The molecule has 0 bridgehead atoms. The van der Waals surface area contributed by atoms with E-state index >= 15 is 0 Å². The molecular formula is C14H14Cl2N2O2. The fourth-order valence-electron chi connectivity index (χ4n) is 1.29. The Balaban J connectivity index is 0.000000200. The summed E-state index contributed by atoms with van der Waals surface area (Å²) in [4.78, 5) is 18.1. The Hall–Kier alpha value is -1.49. The topological polar surface area (TPSA) is 63.1 Å². The number of rotatable bonds is 2. The summed E-state index contributed by atoms with van der Waals surface area (Å²) in [5.74, 6) is 0. The summed E-state index contributed by atoms with van der Waals surface area (Å²) in [7, 11) is 0. The predicted octanol–water partition coefficient (Wildman–Crippen LogP) is 3.39. The van der Waals surface area contributed by atoms with Gasteiger partial charge < -0.3 is 5.11 Å². The third-order valence-electron chi connectivity index (χ3n) is 2.38. The molecule has 20 heavy (non-hydrogen) atoms. The normalized spacial score (nSPS) is 9.65. The molecule has 0 spiro atoms. The summed E-state index contributed by atoms with van der Waals surface area (Å²) in [6.07, 6.45) is 3.73. The first-order valence-electron chi connectivity index (χ1n) is 5.77. The molecule has 0 aliphatic carbocycles. The first kappa shape index (κ1) is 16.6.